The highest BCUT2D eigenvalue weighted by Crippen LogP contribution is 2.33. The lowest BCUT2D eigenvalue weighted by atomic mass is 10.2. The summed E-state index contributed by atoms with van der Waals surface area (Å²) in [5.74, 6) is 0.602. The molecule has 0 aromatic rings. The van der Waals surface area contributed by atoms with Crippen LogP contribution in [0.5, 0.6) is 0 Å². The summed E-state index contributed by atoms with van der Waals surface area (Å²) in [4.78, 5) is 0. The molecule has 3 N–H and O–H groups in total. The van der Waals surface area contributed by atoms with E-state index in [1.807, 2.05) is 0 Å². The van der Waals surface area contributed by atoms with E-state index in [9.17, 15) is 0 Å². The molecule has 0 heterocycles. The van der Waals surface area contributed by atoms with Crippen molar-refractivity contribution in [3.8, 4) is 0 Å². The molecule has 9 heavy (non-hydrogen) atoms. The molecule has 50 valence electrons. The molecule has 0 atom stereocenters. The molecule has 0 saturated heterocycles. The Bertz CT molecular complexity index is 154. The molecule has 0 aliphatic heterocycles. The molecule has 0 aromatic heterocycles. The van der Waals surface area contributed by atoms with Gasteiger partial charge in [0.2, 0.25) is 0 Å². The quantitative estimate of drug-likeness (QED) is 0.535. The van der Waals surface area contributed by atoms with Gasteiger partial charge in [0.15, 0.2) is 0 Å². The van der Waals surface area contributed by atoms with Crippen molar-refractivity contribution >= 4 is 5.71 Å². The molecular weight excluding hydrogens is 112 g/mol. The maximum absolute atomic E-state index is 7.09. The highest BCUT2D eigenvalue weighted by Gasteiger charge is 2.23. The largest absolute Gasteiger partial charge is 0.402 e. The maximum atomic E-state index is 7.09. The number of nitrogens with two attached hydrogens (primary N) is 1. The average molecular weight is 124 g/mol. The Morgan fingerprint density at radius 2 is 2.22 bits per heavy atom. The normalized spacial score (nSPS) is 19.9. The second-order valence-corrected chi connectivity index (χ2v) is 2.60. The van der Waals surface area contributed by atoms with Crippen molar-refractivity contribution in [2.75, 3.05) is 0 Å². The van der Waals surface area contributed by atoms with E-state index < -0.39 is 0 Å². The molecule has 1 saturated carbocycles. The van der Waals surface area contributed by atoms with Crippen LogP contribution >= 0.6 is 0 Å². The van der Waals surface area contributed by atoms with E-state index in [-0.39, 0.29) is 0 Å². The third kappa shape index (κ3) is 1.88. The Morgan fingerprint density at radius 3 is 2.56 bits per heavy atom. The summed E-state index contributed by atoms with van der Waals surface area (Å²) < 4.78 is 0. The number of hydrogen-bond acceptors (Lipinski definition) is 2. The van der Waals surface area contributed by atoms with Gasteiger partial charge in [-0.2, -0.15) is 0 Å². The number of allylic oxidation sites excluding steroid dienone is 2. The lowest BCUT2D eigenvalue weighted by Crippen LogP contribution is -2.01. The first-order valence-corrected chi connectivity index (χ1v) is 3.22. The van der Waals surface area contributed by atoms with Gasteiger partial charge in [-0.1, -0.05) is 0 Å². The molecule has 1 fully saturated rings. The van der Waals surface area contributed by atoms with Gasteiger partial charge in [0.1, 0.15) is 0 Å². The van der Waals surface area contributed by atoms with Gasteiger partial charge in [-0.15, -0.1) is 0 Å². The van der Waals surface area contributed by atoms with Gasteiger partial charge < -0.3 is 11.1 Å². The van der Waals surface area contributed by atoms with E-state index in [1.54, 1.807) is 13.0 Å². The molecule has 2 heteroatoms. The van der Waals surface area contributed by atoms with Gasteiger partial charge in [-0.25, -0.2) is 0 Å². The second kappa shape index (κ2) is 2.21. The summed E-state index contributed by atoms with van der Waals surface area (Å²) in [6, 6.07) is 0. The minimum absolute atomic E-state index is 0.555. The minimum Gasteiger partial charge on any atom is -0.402 e. The van der Waals surface area contributed by atoms with Crippen LogP contribution in [0.3, 0.4) is 0 Å². The van der Waals surface area contributed by atoms with Crippen LogP contribution in [0.15, 0.2) is 11.8 Å². The smallest absolute Gasteiger partial charge is 0.0300 e. The van der Waals surface area contributed by atoms with Crippen LogP contribution in [0.4, 0.5) is 0 Å². The Morgan fingerprint density at radius 1 is 1.67 bits per heavy atom. The molecule has 0 bridgehead atoms. The van der Waals surface area contributed by atoms with E-state index >= 15 is 0 Å². The lowest BCUT2D eigenvalue weighted by Gasteiger charge is -1.93. The van der Waals surface area contributed by atoms with Crippen LogP contribution in [0.1, 0.15) is 19.8 Å². The highest BCUT2D eigenvalue weighted by molar-refractivity contribution is 5.90. The second-order valence-electron chi connectivity index (χ2n) is 2.60. The third-order valence-electron chi connectivity index (χ3n) is 1.43. The molecule has 1 rings (SSSR count). The SMILES string of the molecule is CC(=N)/C=C(\N)C1CC1. The number of hydrogen-bond donors (Lipinski definition) is 2. The summed E-state index contributed by atoms with van der Waals surface area (Å²) in [6.45, 7) is 1.75. The molecule has 0 amide bonds. The minimum atomic E-state index is 0.555. The monoisotopic (exact) mass is 124 g/mol. The Kier molecular flexibility index (Phi) is 1.56. The van der Waals surface area contributed by atoms with Gasteiger partial charge in [0.25, 0.3) is 0 Å². The van der Waals surface area contributed by atoms with E-state index in [2.05, 4.69) is 0 Å². The Balaban J connectivity index is 2.47. The Labute approximate surface area is 55.3 Å². The topological polar surface area (TPSA) is 49.9 Å². The first-order valence-electron chi connectivity index (χ1n) is 3.22. The standard InChI is InChI=1S/C7H12N2/c1-5(8)4-7(9)6-2-3-6/h4,6,8H,2-3,9H2,1H3/b7-4-,8-5?. The molecule has 1 aliphatic rings. The number of rotatable bonds is 2. The zero-order valence-corrected chi connectivity index (χ0v) is 5.65. The van der Waals surface area contributed by atoms with Crippen LogP contribution < -0.4 is 5.73 Å². The molecule has 2 nitrogen and oxygen atoms in total. The van der Waals surface area contributed by atoms with Crippen molar-refractivity contribution in [3.63, 3.8) is 0 Å². The molecule has 0 radical (unpaired) electrons. The summed E-state index contributed by atoms with van der Waals surface area (Å²) >= 11 is 0. The van der Waals surface area contributed by atoms with Crippen LogP contribution in [-0.4, -0.2) is 5.71 Å². The fraction of sp³-hybridized carbons (Fsp3) is 0.571. The summed E-state index contributed by atoms with van der Waals surface area (Å²) in [5.41, 5.74) is 7.05. The lowest BCUT2D eigenvalue weighted by molar-refractivity contribution is 0.982. The summed E-state index contributed by atoms with van der Waals surface area (Å²) in [6.07, 6.45) is 4.18. The molecular formula is C7H12N2. The van der Waals surface area contributed by atoms with Gasteiger partial charge in [-0.05, 0) is 31.8 Å². The predicted molar refractivity (Wildman–Crippen MR) is 38.4 cm³/mol. The van der Waals surface area contributed by atoms with Crippen molar-refractivity contribution < 1.29 is 0 Å². The van der Waals surface area contributed by atoms with Crippen LogP contribution in [0.25, 0.3) is 0 Å². The van der Waals surface area contributed by atoms with E-state index in [1.165, 1.54) is 12.8 Å². The molecule has 1 aliphatic carbocycles. The summed E-state index contributed by atoms with van der Waals surface area (Å²) in [7, 11) is 0. The van der Waals surface area contributed by atoms with Crippen molar-refractivity contribution in [1.82, 2.24) is 0 Å². The zero-order chi connectivity index (χ0) is 6.85. The maximum Gasteiger partial charge on any atom is 0.0300 e. The molecule has 0 aromatic carbocycles. The van der Waals surface area contributed by atoms with Crippen LogP contribution in [0.2, 0.25) is 0 Å². The van der Waals surface area contributed by atoms with Crippen molar-refractivity contribution in [2.24, 2.45) is 11.7 Å². The fourth-order valence-corrected chi connectivity index (χ4v) is 0.785. The van der Waals surface area contributed by atoms with Crippen molar-refractivity contribution in [3.05, 3.63) is 11.8 Å². The van der Waals surface area contributed by atoms with E-state index in [0.717, 1.165) is 5.70 Å². The van der Waals surface area contributed by atoms with Gasteiger partial charge in [0.05, 0.1) is 0 Å². The van der Waals surface area contributed by atoms with Gasteiger partial charge >= 0.3 is 0 Å². The first-order chi connectivity index (χ1) is 4.20. The van der Waals surface area contributed by atoms with Gasteiger partial charge in [-0.3, -0.25) is 0 Å². The summed E-state index contributed by atoms with van der Waals surface area (Å²) in [5, 5.41) is 7.09. The van der Waals surface area contributed by atoms with Crippen molar-refractivity contribution in [2.45, 2.75) is 19.8 Å². The van der Waals surface area contributed by atoms with E-state index in [4.69, 9.17) is 11.1 Å². The van der Waals surface area contributed by atoms with Crippen molar-refractivity contribution in [1.29, 1.82) is 5.41 Å². The average Bonchev–Trinajstić information content (AvgIpc) is 2.40. The van der Waals surface area contributed by atoms with Crippen LogP contribution in [0, 0.1) is 11.3 Å². The zero-order valence-electron chi connectivity index (χ0n) is 5.65. The first kappa shape index (κ1) is 6.33. The third-order valence-corrected chi connectivity index (χ3v) is 1.43. The van der Waals surface area contributed by atoms with E-state index in [0.29, 0.717) is 11.6 Å². The number of nitrogens with one attached hydrogen (secondary N) is 1. The fourth-order valence-electron chi connectivity index (χ4n) is 0.785. The molecule has 0 unspecified atom stereocenters. The predicted octanol–water partition coefficient (Wildman–Crippen LogP) is 1.28. The molecule has 0 spiro atoms. The van der Waals surface area contributed by atoms with Crippen LogP contribution in [-0.2, 0) is 0 Å². The van der Waals surface area contributed by atoms with Gasteiger partial charge in [0, 0.05) is 11.4 Å². The highest BCUT2D eigenvalue weighted by atomic mass is 14.6. The Hall–Kier alpha value is -0.790.